The van der Waals surface area contributed by atoms with Crippen LogP contribution in [0.15, 0.2) is 24.3 Å². The van der Waals surface area contributed by atoms with Crippen LogP contribution in [-0.2, 0) is 19.1 Å². The van der Waals surface area contributed by atoms with E-state index in [0.717, 1.165) is 12.3 Å². The van der Waals surface area contributed by atoms with Crippen LogP contribution < -0.4 is 0 Å². The lowest BCUT2D eigenvalue weighted by atomic mass is 10.4. The van der Waals surface area contributed by atoms with Crippen molar-refractivity contribution in [2.24, 2.45) is 0 Å². The molecule has 0 bridgehead atoms. The summed E-state index contributed by atoms with van der Waals surface area (Å²) < 4.78 is 9.83. The average molecular weight is 258 g/mol. The predicted octanol–water partition coefficient (Wildman–Crippen LogP) is 1.90. The Morgan fingerprint density at radius 3 is 1.59 bits per heavy atom. The summed E-state index contributed by atoms with van der Waals surface area (Å²) in [6.45, 7) is 11.0. The second kappa shape index (κ2) is 8.94. The fourth-order valence-electron chi connectivity index (χ4n) is 0.803. The molecule has 0 saturated carbocycles. The van der Waals surface area contributed by atoms with Gasteiger partial charge in [0, 0.05) is 11.1 Å². The van der Waals surface area contributed by atoms with Crippen LogP contribution >= 0.6 is 8.58 Å². The smallest absolute Gasteiger partial charge is 0.333 e. The lowest BCUT2D eigenvalue weighted by Crippen LogP contribution is -2.09. The van der Waals surface area contributed by atoms with E-state index in [0.29, 0.717) is 32.9 Å². The van der Waals surface area contributed by atoms with Crippen LogP contribution in [0, 0.1) is 0 Å². The molecule has 0 aliphatic carbocycles. The van der Waals surface area contributed by atoms with Crippen molar-refractivity contribution >= 4 is 20.5 Å². The third kappa shape index (κ3) is 8.64. The second-order valence-corrected chi connectivity index (χ2v) is 5.08. The van der Waals surface area contributed by atoms with E-state index in [1.807, 2.05) is 0 Å². The van der Waals surface area contributed by atoms with Crippen molar-refractivity contribution in [2.45, 2.75) is 13.8 Å². The molecule has 0 amide bonds. The molecule has 0 aromatic rings. The van der Waals surface area contributed by atoms with Crippen LogP contribution in [0.2, 0.25) is 0 Å². The Hall–Kier alpha value is -1.15. The SMILES string of the molecule is C=C(C)C(=O)OCCPCCOC(=O)C(=C)C. The molecule has 0 aromatic heterocycles. The van der Waals surface area contributed by atoms with Crippen LogP contribution in [0.25, 0.3) is 0 Å². The molecule has 0 rings (SSSR count). The highest BCUT2D eigenvalue weighted by molar-refractivity contribution is 7.38. The topological polar surface area (TPSA) is 52.6 Å². The highest BCUT2D eigenvalue weighted by Crippen LogP contribution is 2.09. The van der Waals surface area contributed by atoms with Gasteiger partial charge < -0.3 is 9.47 Å². The monoisotopic (exact) mass is 258 g/mol. The zero-order chi connectivity index (χ0) is 13.3. The number of carbonyl (C=O) groups is 2. The maximum Gasteiger partial charge on any atom is 0.333 e. The number of ether oxygens (including phenoxy) is 2. The van der Waals surface area contributed by atoms with Crippen molar-refractivity contribution < 1.29 is 19.1 Å². The number of rotatable bonds is 8. The van der Waals surface area contributed by atoms with E-state index in [1.165, 1.54) is 0 Å². The number of hydrogen-bond donors (Lipinski definition) is 0. The van der Waals surface area contributed by atoms with E-state index in [1.54, 1.807) is 13.8 Å². The number of hydrogen-bond acceptors (Lipinski definition) is 4. The molecular weight excluding hydrogens is 239 g/mol. The Balaban J connectivity index is 3.36. The van der Waals surface area contributed by atoms with E-state index in [-0.39, 0.29) is 11.9 Å². The molecule has 0 spiro atoms. The highest BCUT2D eigenvalue weighted by Gasteiger charge is 2.03. The van der Waals surface area contributed by atoms with E-state index in [4.69, 9.17) is 9.47 Å². The summed E-state index contributed by atoms with van der Waals surface area (Å²) in [6, 6.07) is 0. The van der Waals surface area contributed by atoms with Crippen molar-refractivity contribution in [3.63, 3.8) is 0 Å². The molecule has 17 heavy (non-hydrogen) atoms. The van der Waals surface area contributed by atoms with Crippen molar-refractivity contribution in [2.75, 3.05) is 25.5 Å². The van der Waals surface area contributed by atoms with E-state index < -0.39 is 0 Å². The van der Waals surface area contributed by atoms with Gasteiger partial charge in [-0.3, -0.25) is 0 Å². The maximum atomic E-state index is 11.0. The molecule has 96 valence electrons. The van der Waals surface area contributed by atoms with Crippen LogP contribution in [0.4, 0.5) is 0 Å². The molecule has 4 nitrogen and oxygen atoms in total. The Labute approximate surface area is 104 Å². The zero-order valence-electron chi connectivity index (χ0n) is 10.4. The van der Waals surface area contributed by atoms with Crippen molar-refractivity contribution in [1.82, 2.24) is 0 Å². The molecule has 0 unspecified atom stereocenters. The largest absolute Gasteiger partial charge is 0.462 e. The van der Waals surface area contributed by atoms with Gasteiger partial charge in [-0.15, -0.1) is 8.58 Å². The van der Waals surface area contributed by atoms with Crippen LogP contribution in [0.3, 0.4) is 0 Å². The van der Waals surface area contributed by atoms with E-state index in [2.05, 4.69) is 13.2 Å². The quantitative estimate of drug-likeness (QED) is 0.289. The molecule has 0 N–H and O–H groups in total. The Morgan fingerprint density at radius 1 is 0.941 bits per heavy atom. The highest BCUT2D eigenvalue weighted by atomic mass is 31.1. The molecule has 0 saturated heterocycles. The average Bonchev–Trinajstić information content (AvgIpc) is 2.26. The van der Waals surface area contributed by atoms with Gasteiger partial charge in [0.2, 0.25) is 0 Å². The fourth-order valence-corrected chi connectivity index (χ4v) is 1.55. The van der Waals surface area contributed by atoms with Crippen LogP contribution in [0.5, 0.6) is 0 Å². The van der Waals surface area contributed by atoms with Crippen LogP contribution in [0.1, 0.15) is 13.8 Å². The standard InChI is InChI=1S/C12H19O4P/c1-9(2)11(13)15-5-7-17-8-6-16-12(14)10(3)4/h17H,1,3,5-8H2,2,4H3. The first-order chi connectivity index (χ1) is 7.95. The fraction of sp³-hybridized carbons (Fsp3) is 0.500. The van der Waals surface area contributed by atoms with Gasteiger partial charge in [-0.05, 0) is 26.2 Å². The Morgan fingerprint density at radius 2 is 1.29 bits per heavy atom. The van der Waals surface area contributed by atoms with Gasteiger partial charge in [-0.1, -0.05) is 13.2 Å². The maximum absolute atomic E-state index is 11.0. The van der Waals surface area contributed by atoms with Crippen molar-refractivity contribution in [3.8, 4) is 0 Å². The first kappa shape index (κ1) is 15.9. The molecule has 0 aliphatic heterocycles. The molecule has 0 fully saturated rings. The summed E-state index contributed by atoms with van der Waals surface area (Å²) in [5.74, 6) is -0.716. The molecule has 0 aliphatic rings. The summed E-state index contributed by atoms with van der Waals surface area (Å²) in [5, 5.41) is 0. The number of esters is 2. The van der Waals surface area contributed by atoms with Gasteiger partial charge in [0.1, 0.15) is 0 Å². The van der Waals surface area contributed by atoms with Gasteiger partial charge in [-0.25, -0.2) is 9.59 Å². The van der Waals surface area contributed by atoms with Gasteiger partial charge in [0.05, 0.1) is 13.2 Å². The van der Waals surface area contributed by atoms with Crippen LogP contribution in [-0.4, -0.2) is 37.5 Å². The lowest BCUT2D eigenvalue weighted by molar-refractivity contribution is -0.139. The molecule has 0 aromatic carbocycles. The first-order valence-electron chi connectivity index (χ1n) is 5.31. The van der Waals surface area contributed by atoms with E-state index in [9.17, 15) is 9.59 Å². The van der Waals surface area contributed by atoms with Gasteiger partial charge in [0.25, 0.3) is 0 Å². The summed E-state index contributed by atoms with van der Waals surface area (Å²) >= 11 is 0. The third-order valence-electron chi connectivity index (χ3n) is 1.72. The number of carbonyl (C=O) groups excluding carboxylic acids is 2. The van der Waals surface area contributed by atoms with E-state index >= 15 is 0 Å². The molecular formula is C12H19O4P. The minimum Gasteiger partial charge on any atom is -0.462 e. The normalized spacial score (nSPS) is 9.53. The van der Waals surface area contributed by atoms with Gasteiger partial charge in [-0.2, -0.15) is 0 Å². The minimum atomic E-state index is -0.358. The molecule has 0 radical (unpaired) electrons. The van der Waals surface area contributed by atoms with Crippen molar-refractivity contribution in [3.05, 3.63) is 24.3 Å². The minimum absolute atomic E-state index is 0.358. The summed E-state index contributed by atoms with van der Waals surface area (Å²) in [6.07, 6.45) is 1.56. The third-order valence-corrected chi connectivity index (χ3v) is 2.84. The summed E-state index contributed by atoms with van der Waals surface area (Å²) in [7, 11) is 0.605. The first-order valence-corrected chi connectivity index (χ1v) is 6.72. The zero-order valence-corrected chi connectivity index (χ0v) is 11.4. The molecule has 0 heterocycles. The summed E-state index contributed by atoms with van der Waals surface area (Å²) in [5.41, 5.74) is 0.812. The summed E-state index contributed by atoms with van der Waals surface area (Å²) in [4.78, 5) is 22.0. The van der Waals surface area contributed by atoms with Crippen molar-refractivity contribution in [1.29, 1.82) is 0 Å². The molecule has 5 heteroatoms. The Bertz CT molecular complexity index is 280. The van der Waals surface area contributed by atoms with Gasteiger partial charge in [0.15, 0.2) is 0 Å². The Kier molecular flexibility index (Phi) is 8.34. The second-order valence-electron chi connectivity index (χ2n) is 3.58. The molecule has 0 atom stereocenters. The lowest BCUT2D eigenvalue weighted by Gasteiger charge is -2.05. The predicted molar refractivity (Wildman–Crippen MR) is 69.6 cm³/mol. The van der Waals surface area contributed by atoms with Gasteiger partial charge >= 0.3 is 11.9 Å².